The largest absolute Gasteiger partial charge is 0.222 e. The second-order valence-corrected chi connectivity index (χ2v) is 8.25. The first-order chi connectivity index (χ1) is 12.1. The highest BCUT2D eigenvalue weighted by atomic mass is 35.5. The highest BCUT2D eigenvalue weighted by Crippen LogP contribution is 2.37. The van der Waals surface area contributed by atoms with Crippen molar-refractivity contribution in [2.45, 2.75) is 4.71 Å². The Morgan fingerprint density at radius 2 is 1.24 bits per heavy atom. The van der Waals surface area contributed by atoms with Crippen molar-refractivity contribution in [3.8, 4) is 0 Å². The topological polar surface area (TPSA) is 34.1 Å². The summed E-state index contributed by atoms with van der Waals surface area (Å²) < 4.78 is 25.3. The third-order valence-corrected chi connectivity index (χ3v) is 6.54. The Balaban J connectivity index is 2.13. The molecule has 0 radical (unpaired) electrons. The number of benzene rings is 3. The van der Waals surface area contributed by atoms with Crippen LogP contribution in [0.25, 0.3) is 11.0 Å². The van der Waals surface area contributed by atoms with E-state index in [1.165, 1.54) is 0 Å². The Kier molecular flexibility index (Phi) is 5.37. The fourth-order valence-electron chi connectivity index (χ4n) is 2.53. The van der Waals surface area contributed by atoms with Gasteiger partial charge in [0, 0.05) is 0 Å². The fourth-order valence-corrected chi connectivity index (χ4v) is 4.46. The summed E-state index contributed by atoms with van der Waals surface area (Å²) in [4.78, 5) is 0.211. The third kappa shape index (κ3) is 4.01. The van der Waals surface area contributed by atoms with Crippen LogP contribution < -0.4 is 0 Å². The van der Waals surface area contributed by atoms with Crippen LogP contribution >= 0.6 is 11.6 Å². The summed E-state index contributed by atoms with van der Waals surface area (Å²) in [6.45, 7) is 0. The average Bonchev–Trinajstić information content (AvgIpc) is 2.67. The zero-order chi connectivity index (χ0) is 17.7. The SMILES string of the molecule is O=S(=O)(/C(=C\c1ccccc1)c1ccccc1)C(Cl)c1ccccc1. The zero-order valence-corrected chi connectivity index (χ0v) is 15.0. The van der Waals surface area contributed by atoms with Crippen molar-refractivity contribution >= 4 is 32.4 Å². The molecule has 126 valence electrons. The molecule has 0 aliphatic heterocycles. The van der Waals surface area contributed by atoms with Gasteiger partial charge in [0.15, 0.2) is 14.5 Å². The van der Waals surface area contributed by atoms with Crippen LogP contribution in [0.15, 0.2) is 91.0 Å². The minimum absolute atomic E-state index is 0.211. The van der Waals surface area contributed by atoms with Crippen LogP contribution in [-0.4, -0.2) is 8.42 Å². The number of hydrogen-bond acceptors (Lipinski definition) is 2. The molecule has 3 aromatic rings. The van der Waals surface area contributed by atoms with Gasteiger partial charge in [-0.25, -0.2) is 8.42 Å². The summed E-state index contributed by atoms with van der Waals surface area (Å²) in [5, 5.41) is 0. The summed E-state index contributed by atoms with van der Waals surface area (Å²) in [7, 11) is -3.78. The van der Waals surface area contributed by atoms with E-state index >= 15 is 0 Å². The first kappa shape index (κ1) is 17.5. The van der Waals surface area contributed by atoms with Crippen molar-refractivity contribution in [2.75, 3.05) is 0 Å². The Morgan fingerprint density at radius 3 is 1.80 bits per heavy atom. The molecule has 0 bridgehead atoms. The van der Waals surface area contributed by atoms with Gasteiger partial charge in [-0.3, -0.25) is 0 Å². The van der Waals surface area contributed by atoms with Gasteiger partial charge in [0.2, 0.25) is 0 Å². The fraction of sp³-hybridized carbons (Fsp3) is 0.0476. The van der Waals surface area contributed by atoms with Crippen molar-refractivity contribution in [3.05, 3.63) is 108 Å². The molecule has 3 rings (SSSR count). The van der Waals surface area contributed by atoms with Crippen molar-refractivity contribution in [2.24, 2.45) is 0 Å². The van der Waals surface area contributed by atoms with Gasteiger partial charge in [-0.2, -0.15) is 0 Å². The van der Waals surface area contributed by atoms with Crippen molar-refractivity contribution in [3.63, 3.8) is 0 Å². The first-order valence-corrected chi connectivity index (χ1v) is 9.82. The number of alkyl halides is 1. The molecule has 0 heterocycles. The highest BCUT2D eigenvalue weighted by molar-refractivity contribution is 8.02. The molecular weight excluding hydrogens is 352 g/mol. The Morgan fingerprint density at radius 1 is 0.760 bits per heavy atom. The lowest BCUT2D eigenvalue weighted by Gasteiger charge is -2.15. The van der Waals surface area contributed by atoms with E-state index < -0.39 is 14.5 Å². The lowest BCUT2D eigenvalue weighted by atomic mass is 10.1. The lowest BCUT2D eigenvalue weighted by Crippen LogP contribution is -2.10. The quantitative estimate of drug-likeness (QED) is 0.438. The molecule has 0 aliphatic carbocycles. The van der Waals surface area contributed by atoms with E-state index in [-0.39, 0.29) is 4.91 Å². The third-order valence-electron chi connectivity index (χ3n) is 3.80. The van der Waals surface area contributed by atoms with Gasteiger partial charge in [-0.05, 0) is 22.8 Å². The van der Waals surface area contributed by atoms with Gasteiger partial charge >= 0.3 is 0 Å². The monoisotopic (exact) mass is 368 g/mol. The molecule has 0 amide bonds. The maximum atomic E-state index is 13.2. The van der Waals surface area contributed by atoms with E-state index in [9.17, 15) is 8.42 Å². The summed E-state index contributed by atoms with van der Waals surface area (Å²) in [5.74, 6) is 0. The van der Waals surface area contributed by atoms with Crippen LogP contribution in [0.3, 0.4) is 0 Å². The normalized spacial score (nSPS) is 13.4. The highest BCUT2D eigenvalue weighted by Gasteiger charge is 2.30. The first-order valence-electron chi connectivity index (χ1n) is 7.84. The molecule has 0 fully saturated rings. The van der Waals surface area contributed by atoms with Crippen LogP contribution in [-0.2, 0) is 9.84 Å². The molecule has 0 saturated heterocycles. The average molecular weight is 369 g/mol. The zero-order valence-electron chi connectivity index (χ0n) is 13.4. The van der Waals surface area contributed by atoms with Crippen LogP contribution in [0.2, 0.25) is 0 Å². The van der Waals surface area contributed by atoms with E-state index in [0.717, 1.165) is 5.56 Å². The molecule has 0 aliphatic rings. The van der Waals surface area contributed by atoms with E-state index in [1.54, 1.807) is 42.5 Å². The molecule has 25 heavy (non-hydrogen) atoms. The smallest absolute Gasteiger partial charge is 0.199 e. The number of hydrogen-bond donors (Lipinski definition) is 0. The molecule has 4 heteroatoms. The minimum atomic E-state index is -3.78. The van der Waals surface area contributed by atoms with Crippen molar-refractivity contribution < 1.29 is 8.42 Å². The van der Waals surface area contributed by atoms with E-state index in [0.29, 0.717) is 11.1 Å². The Labute approximate surface area is 153 Å². The van der Waals surface area contributed by atoms with Crippen molar-refractivity contribution in [1.29, 1.82) is 0 Å². The molecule has 2 nitrogen and oxygen atoms in total. The molecule has 0 spiro atoms. The van der Waals surface area contributed by atoms with Gasteiger partial charge in [-0.1, -0.05) is 103 Å². The Hall–Kier alpha value is -2.36. The van der Waals surface area contributed by atoms with Crippen LogP contribution in [0.5, 0.6) is 0 Å². The van der Waals surface area contributed by atoms with Gasteiger partial charge in [0.05, 0.1) is 4.91 Å². The Bertz CT molecular complexity index is 951. The summed E-state index contributed by atoms with van der Waals surface area (Å²) >= 11 is 6.38. The number of halogens is 1. The number of sulfone groups is 1. The van der Waals surface area contributed by atoms with Crippen LogP contribution in [0, 0.1) is 0 Å². The predicted molar refractivity (Wildman–Crippen MR) is 105 cm³/mol. The summed E-state index contributed by atoms with van der Waals surface area (Å²) in [6.07, 6.45) is 1.67. The van der Waals surface area contributed by atoms with Crippen LogP contribution in [0.1, 0.15) is 21.4 Å². The number of rotatable bonds is 5. The molecule has 1 unspecified atom stereocenters. The maximum Gasteiger partial charge on any atom is 0.199 e. The second-order valence-electron chi connectivity index (χ2n) is 5.56. The molecule has 0 saturated carbocycles. The molecule has 0 aromatic heterocycles. The lowest BCUT2D eigenvalue weighted by molar-refractivity contribution is 0.604. The molecular formula is C21H17ClO2S. The standard InChI is InChI=1S/C21H17ClO2S/c22-21(19-14-8-3-9-15-19)25(23,24)20(18-12-6-2-7-13-18)16-17-10-4-1-5-11-17/h1-16,21H/b20-16-. The van der Waals surface area contributed by atoms with Gasteiger partial charge in [0.25, 0.3) is 0 Å². The second kappa shape index (κ2) is 7.68. The molecule has 1 atom stereocenters. The maximum absolute atomic E-state index is 13.2. The van der Waals surface area contributed by atoms with E-state index in [1.807, 2.05) is 54.6 Å². The summed E-state index contributed by atoms with van der Waals surface area (Å²) in [5.41, 5.74) is 1.98. The van der Waals surface area contributed by atoms with E-state index in [4.69, 9.17) is 11.6 Å². The minimum Gasteiger partial charge on any atom is -0.222 e. The van der Waals surface area contributed by atoms with Gasteiger partial charge in [-0.15, -0.1) is 0 Å². The van der Waals surface area contributed by atoms with Gasteiger partial charge in [0.1, 0.15) is 0 Å². The van der Waals surface area contributed by atoms with Crippen LogP contribution in [0.4, 0.5) is 0 Å². The molecule has 3 aromatic carbocycles. The summed E-state index contributed by atoms with van der Waals surface area (Å²) in [6, 6.07) is 27.2. The van der Waals surface area contributed by atoms with Crippen molar-refractivity contribution in [1.82, 2.24) is 0 Å². The van der Waals surface area contributed by atoms with Gasteiger partial charge < -0.3 is 0 Å². The molecule has 0 N–H and O–H groups in total. The predicted octanol–water partition coefficient (Wildman–Crippen LogP) is 5.54. The van der Waals surface area contributed by atoms with E-state index in [2.05, 4.69) is 0 Å².